The summed E-state index contributed by atoms with van der Waals surface area (Å²) in [5.41, 5.74) is 4.14. The van der Waals surface area contributed by atoms with Crippen molar-refractivity contribution < 1.29 is 4.74 Å². The number of nitrogens with zero attached hydrogens (tertiary/aromatic N) is 1. The Morgan fingerprint density at radius 2 is 2.00 bits per heavy atom. The van der Waals surface area contributed by atoms with Crippen molar-refractivity contribution in [2.24, 2.45) is 0 Å². The van der Waals surface area contributed by atoms with E-state index in [2.05, 4.69) is 56.1 Å². The molecular formula is C18H30N2O. The fraction of sp³-hybridized carbons (Fsp3) is 0.667. The van der Waals surface area contributed by atoms with E-state index in [9.17, 15) is 0 Å². The molecule has 0 radical (unpaired) electrons. The molecule has 1 aromatic carbocycles. The molecule has 1 aliphatic heterocycles. The van der Waals surface area contributed by atoms with Gasteiger partial charge in [-0.3, -0.25) is 4.90 Å². The highest BCUT2D eigenvalue weighted by atomic mass is 16.5. The van der Waals surface area contributed by atoms with Gasteiger partial charge in [-0.2, -0.15) is 0 Å². The van der Waals surface area contributed by atoms with Gasteiger partial charge in [-0.05, 0) is 39.3 Å². The van der Waals surface area contributed by atoms with E-state index in [1.807, 2.05) is 0 Å². The summed E-state index contributed by atoms with van der Waals surface area (Å²) in [7, 11) is 0. The number of aryl methyl sites for hydroxylation is 2. The minimum Gasteiger partial charge on any atom is -0.376 e. The van der Waals surface area contributed by atoms with Gasteiger partial charge in [0.1, 0.15) is 0 Å². The summed E-state index contributed by atoms with van der Waals surface area (Å²) in [5, 5.41) is 3.65. The van der Waals surface area contributed by atoms with Crippen LogP contribution in [0, 0.1) is 13.8 Å². The van der Waals surface area contributed by atoms with Crippen LogP contribution in [0.25, 0.3) is 0 Å². The van der Waals surface area contributed by atoms with E-state index in [-0.39, 0.29) is 0 Å². The van der Waals surface area contributed by atoms with Crippen LogP contribution in [0.1, 0.15) is 43.0 Å². The first-order valence-electron chi connectivity index (χ1n) is 8.24. The molecule has 1 saturated heterocycles. The highest BCUT2D eigenvalue weighted by Gasteiger charge is 2.18. The minimum absolute atomic E-state index is 0.373. The van der Waals surface area contributed by atoms with Crippen molar-refractivity contribution in [2.75, 3.05) is 32.8 Å². The number of morpholine rings is 1. The molecular weight excluding hydrogens is 260 g/mol. The average Bonchev–Trinajstić information content (AvgIpc) is 2.42. The van der Waals surface area contributed by atoms with Crippen molar-refractivity contribution in [3.63, 3.8) is 0 Å². The van der Waals surface area contributed by atoms with Gasteiger partial charge in [-0.15, -0.1) is 0 Å². The van der Waals surface area contributed by atoms with Crippen LogP contribution in [0.4, 0.5) is 0 Å². The molecule has 0 spiro atoms. The first kappa shape index (κ1) is 16.5. The van der Waals surface area contributed by atoms with Gasteiger partial charge < -0.3 is 10.1 Å². The van der Waals surface area contributed by atoms with Crippen LogP contribution in [-0.4, -0.2) is 43.8 Å². The third-order valence-electron chi connectivity index (χ3n) is 4.16. The van der Waals surface area contributed by atoms with E-state index in [0.717, 1.165) is 39.2 Å². The molecule has 2 atom stereocenters. The van der Waals surface area contributed by atoms with Crippen molar-refractivity contribution in [2.45, 2.75) is 46.3 Å². The van der Waals surface area contributed by atoms with Crippen LogP contribution in [0.15, 0.2) is 18.2 Å². The third kappa shape index (κ3) is 5.10. The van der Waals surface area contributed by atoms with E-state index in [1.165, 1.54) is 16.7 Å². The van der Waals surface area contributed by atoms with Crippen molar-refractivity contribution >= 4 is 0 Å². The molecule has 1 heterocycles. The lowest BCUT2D eigenvalue weighted by atomic mass is 9.98. The van der Waals surface area contributed by atoms with Crippen LogP contribution in [0.5, 0.6) is 0 Å². The second-order valence-electron chi connectivity index (χ2n) is 6.30. The minimum atomic E-state index is 0.373. The summed E-state index contributed by atoms with van der Waals surface area (Å²) in [4.78, 5) is 2.53. The van der Waals surface area contributed by atoms with Gasteiger partial charge in [0, 0.05) is 25.7 Å². The highest BCUT2D eigenvalue weighted by Crippen LogP contribution is 2.21. The lowest BCUT2D eigenvalue weighted by molar-refractivity contribution is -0.0192. The van der Waals surface area contributed by atoms with Crippen LogP contribution in [0.2, 0.25) is 0 Å². The Morgan fingerprint density at radius 3 is 2.62 bits per heavy atom. The molecule has 1 aromatic rings. The van der Waals surface area contributed by atoms with E-state index in [0.29, 0.717) is 12.1 Å². The molecule has 0 aliphatic carbocycles. The molecule has 2 unspecified atom stereocenters. The molecule has 3 heteroatoms. The van der Waals surface area contributed by atoms with Crippen LogP contribution in [-0.2, 0) is 4.74 Å². The quantitative estimate of drug-likeness (QED) is 0.871. The van der Waals surface area contributed by atoms with Crippen LogP contribution < -0.4 is 5.32 Å². The number of hydrogen-bond donors (Lipinski definition) is 1. The first-order chi connectivity index (χ1) is 10.1. The first-order valence-corrected chi connectivity index (χ1v) is 8.24. The van der Waals surface area contributed by atoms with Crippen molar-refractivity contribution in [3.8, 4) is 0 Å². The molecule has 0 saturated carbocycles. The zero-order valence-corrected chi connectivity index (χ0v) is 14.0. The summed E-state index contributed by atoms with van der Waals surface area (Å²) >= 11 is 0. The van der Waals surface area contributed by atoms with Gasteiger partial charge in [-0.25, -0.2) is 0 Å². The summed E-state index contributed by atoms with van der Waals surface area (Å²) in [5.74, 6) is 0. The van der Waals surface area contributed by atoms with E-state index < -0.39 is 0 Å². The van der Waals surface area contributed by atoms with E-state index in [4.69, 9.17) is 4.74 Å². The van der Waals surface area contributed by atoms with Crippen molar-refractivity contribution in [1.29, 1.82) is 0 Å². The molecule has 1 aliphatic rings. The normalized spacial score (nSPS) is 21.4. The second-order valence-corrected chi connectivity index (χ2v) is 6.30. The Kier molecular flexibility index (Phi) is 6.22. The predicted octanol–water partition coefficient (Wildman–Crippen LogP) is 3.06. The zero-order chi connectivity index (χ0) is 15.2. The Bertz CT molecular complexity index is 427. The fourth-order valence-electron chi connectivity index (χ4n) is 3.25. The standard InChI is InChI=1S/C18H30N2O/c1-5-19-18(17-11-14(2)10-15(3)12-17)6-7-20-8-9-21-16(4)13-20/h10-12,16,18-19H,5-9,13H2,1-4H3. The van der Waals surface area contributed by atoms with Gasteiger partial charge in [-0.1, -0.05) is 36.2 Å². The Hall–Kier alpha value is -0.900. The lowest BCUT2D eigenvalue weighted by Crippen LogP contribution is -2.42. The Morgan fingerprint density at radius 1 is 1.29 bits per heavy atom. The lowest BCUT2D eigenvalue weighted by Gasteiger charge is -2.32. The monoisotopic (exact) mass is 290 g/mol. The predicted molar refractivity (Wildman–Crippen MR) is 88.8 cm³/mol. The molecule has 0 bridgehead atoms. The molecule has 21 heavy (non-hydrogen) atoms. The van der Waals surface area contributed by atoms with Crippen molar-refractivity contribution in [1.82, 2.24) is 10.2 Å². The third-order valence-corrected chi connectivity index (χ3v) is 4.16. The number of nitrogens with one attached hydrogen (secondary N) is 1. The summed E-state index contributed by atoms with van der Waals surface area (Å²) < 4.78 is 5.62. The average molecular weight is 290 g/mol. The Labute approximate surface area is 129 Å². The van der Waals surface area contributed by atoms with E-state index >= 15 is 0 Å². The molecule has 1 N–H and O–H groups in total. The maximum absolute atomic E-state index is 5.62. The summed E-state index contributed by atoms with van der Waals surface area (Å²) in [6, 6.07) is 7.34. The molecule has 3 nitrogen and oxygen atoms in total. The molecule has 2 rings (SSSR count). The van der Waals surface area contributed by atoms with Gasteiger partial charge >= 0.3 is 0 Å². The number of rotatable bonds is 6. The van der Waals surface area contributed by atoms with Crippen LogP contribution >= 0.6 is 0 Å². The van der Waals surface area contributed by atoms with Gasteiger partial charge in [0.15, 0.2) is 0 Å². The highest BCUT2D eigenvalue weighted by molar-refractivity contribution is 5.30. The molecule has 1 fully saturated rings. The van der Waals surface area contributed by atoms with E-state index in [1.54, 1.807) is 0 Å². The SMILES string of the molecule is CCNC(CCN1CCOC(C)C1)c1cc(C)cc(C)c1. The number of hydrogen-bond acceptors (Lipinski definition) is 3. The number of benzene rings is 1. The molecule has 118 valence electrons. The van der Waals surface area contributed by atoms with Gasteiger partial charge in [0.25, 0.3) is 0 Å². The fourth-order valence-corrected chi connectivity index (χ4v) is 3.25. The smallest absolute Gasteiger partial charge is 0.0674 e. The molecule has 0 amide bonds. The maximum atomic E-state index is 5.62. The zero-order valence-electron chi connectivity index (χ0n) is 14.0. The molecule has 0 aromatic heterocycles. The summed E-state index contributed by atoms with van der Waals surface area (Å²) in [6.07, 6.45) is 1.53. The number of ether oxygens (including phenoxy) is 1. The van der Waals surface area contributed by atoms with Crippen molar-refractivity contribution in [3.05, 3.63) is 34.9 Å². The topological polar surface area (TPSA) is 24.5 Å². The van der Waals surface area contributed by atoms with Gasteiger partial charge in [0.05, 0.1) is 12.7 Å². The summed E-state index contributed by atoms with van der Waals surface area (Å²) in [6.45, 7) is 13.9. The van der Waals surface area contributed by atoms with Gasteiger partial charge in [0.2, 0.25) is 0 Å². The Balaban J connectivity index is 1.98. The maximum Gasteiger partial charge on any atom is 0.0674 e. The van der Waals surface area contributed by atoms with Crippen LogP contribution in [0.3, 0.4) is 0 Å². The largest absolute Gasteiger partial charge is 0.376 e. The second kappa shape index (κ2) is 7.92.